The van der Waals surface area contributed by atoms with Crippen molar-refractivity contribution < 1.29 is 14.6 Å². The van der Waals surface area contributed by atoms with Crippen molar-refractivity contribution in [3.63, 3.8) is 0 Å². The summed E-state index contributed by atoms with van der Waals surface area (Å²) in [7, 11) is 1.69. The summed E-state index contributed by atoms with van der Waals surface area (Å²) < 4.78 is 5.44. The highest BCUT2D eigenvalue weighted by atomic mass is 16.5. The van der Waals surface area contributed by atoms with Gasteiger partial charge in [-0.3, -0.25) is 4.79 Å². The number of nitrogens with one attached hydrogen (secondary N) is 1. The second-order valence-corrected chi connectivity index (χ2v) is 16.7. The molecule has 5 aliphatic rings. The van der Waals surface area contributed by atoms with Crippen LogP contribution in [0, 0.1) is 56.7 Å². The van der Waals surface area contributed by atoms with Crippen LogP contribution in [0.5, 0.6) is 5.75 Å². The summed E-state index contributed by atoms with van der Waals surface area (Å²) in [6.45, 7) is 17.9. The normalized spacial score (nSPS) is 45.8. The van der Waals surface area contributed by atoms with Gasteiger partial charge in [0.2, 0.25) is 5.91 Å². The highest BCUT2D eigenvalue weighted by molar-refractivity contribution is 5.84. The van der Waals surface area contributed by atoms with E-state index in [1.807, 2.05) is 18.2 Å². The number of fused-ring (bicyclic) bond motifs is 7. The lowest BCUT2D eigenvalue weighted by atomic mass is 9.33. The largest absolute Gasteiger partial charge is 0.497 e. The number of hydrogen-bond donors (Lipinski definition) is 2. The van der Waals surface area contributed by atoms with Gasteiger partial charge in [-0.15, -0.1) is 0 Å². The van der Waals surface area contributed by atoms with Crippen LogP contribution in [0.15, 0.2) is 35.9 Å². The van der Waals surface area contributed by atoms with Gasteiger partial charge in [-0.2, -0.15) is 0 Å². The maximum absolute atomic E-state index is 14.4. The fourth-order valence-electron chi connectivity index (χ4n) is 12.0. The van der Waals surface area contributed by atoms with Crippen molar-refractivity contribution in [1.82, 2.24) is 5.32 Å². The lowest BCUT2D eigenvalue weighted by molar-refractivity contribution is -0.204. The second-order valence-electron chi connectivity index (χ2n) is 16.7. The van der Waals surface area contributed by atoms with E-state index >= 15 is 0 Å². The van der Waals surface area contributed by atoms with Gasteiger partial charge in [0.25, 0.3) is 0 Å². The minimum absolute atomic E-state index is 0.0326. The number of allylic oxidation sites excluding steroid dienone is 2. The Kier molecular flexibility index (Phi) is 7.28. The molecule has 42 heavy (non-hydrogen) atoms. The molecule has 4 fully saturated rings. The van der Waals surface area contributed by atoms with Crippen molar-refractivity contribution in [2.45, 2.75) is 119 Å². The summed E-state index contributed by atoms with van der Waals surface area (Å²) in [5.41, 5.74) is 2.93. The van der Waals surface area contributed by atoms with Crippen LogP contribution in [-0.4, -0.2) is 24.2 Å². The number of carbonyl (C=O) groups excluding carboxylic acids is 1. The van der Waals surface area contributed by atoms with Crippen molar-refractivity contribution in [2.75, 3.05) is 7.11 Å². The Balaban J connectivity index is 1.35. The zero-order valence-corrected chi connectivity index (χ0v) is 27.7. The predicted molar refractivity (Wildman–Crippen MR) is 170 cm³/mol. The molecule has 0 heterocycles. The lowest BCUT2D eigenvalue weighted by Crippen LogP contribution is -2.66. The smallest absolute Gasteiger partial charge is 0.227 e. The molecule has 10 atom stereocenters. The predicted octanol–water partition coefficient (Wildman–Crippen LogP) is 8.33. The van der Waals surface area contributed by atoms with E-state index in [0.29, 0.717) is 36.1 Å². The van der Waals surface area contributed by atoms with Crippen LogP contribution in [0.3, 0.4) is 0 Å². The Bertz CT molecular complexity index is 1250. The summed E-state index contributed by atoms with van der Waals surface area (Å²) in [6.07, 6.45) is 12.3. The second kappa shape index (κ2) is 10.1. The maximum Gasteiger partial charge on any atom is 0.227 e. The first-order valence-corrected chi connectivity index (χ1v) is 17.0. The molecule has 232 valence electrons. The Morgan fingerprint density at radius 3 is 2.48 bits per heavy atom. The van der Waals surface area contributed by atoms with Gasteiger partial charge in [-0.1, -0.05) is 72.2 Å². The first-order chi connectivity index (χ1) is 19.7. The van der Waals surface area contributed by atoms with Crippen LogP contribution in [0.4, 0.5) is 0 Å². The van der Waals surface area contributed by atoms with Crippen LogP contribution in [0.1, 0.15) is 112 Å². The molecule has 6 rings (SSSR count). The Hall–Kier alpha value is -1.81. The van der Waals surface area contributed by atoms with Crippen LogP contribution in [0.2, 0.25) is 0 Å². The summed E-state index contributed by atoms with van der Waals surface area (Å²) in [4.78, 5) is 14.4. The highest BCUT2D eigenvalue weighted by Crippen LogP contribution is 2.75. The van der Waals surface area contributed by atoms with E-state index in [1.54, 1.807) is 12.7 Å². The van der Waals surface area contributed by atoms with Gasteiger partial charge in [0, 0.05) is 6.54 Å². The van der Waals surface area contributed by atoms with Gasteiger partial charge >= 0.3 is 0 Å². The molecule has 1 aromatic rings. The fourth-order valence-corrected chi connectivity index (χ4v) is 12.0. The zero-order valence-electron chi connectivity index (χ0n) is 27.7. The van der Waals surface area contributed by atoms with E-state index in [0.717, 1.165) is 56.3 Å². The molecule has 4 nitrogen and oxygen atoms in total. The minimum Gasteiger partial charge on any atom is -0.497 e. The zero-order chi connectivity index (χ0) is 30.3. The van der Waals surface area contributed by atoms with Crippen LogP contribution in [-0.2, 0) is 11.3 Å². The first-order valence-electron chi connectivity index (χ1n) is 17.0. The summed E-state index contributed by atoms with van der Waals surface area (Å²) >= 11 is 0. The molecule has 0 bridgehead atoms. The summed E-state index contributed by atoms with van der Waals surface area (Å²) in [5, 5.41) is 14.5. The first kappa shape index (κ1) is 30.2. The van der Waals surface area contributed by atoms with Gasteiger partial charge in [0.05, 0.1) is 18.6 Å². The van der Waals surface area contributed by atoms with Gasteiger partial charge in [0.15, 0.2) is 0 Å². The van der Waals surface area contributed by atoms with Crippen LogP contribution >= 0.6 is 0 Å². The molecule has 2 N–H and O–H groups in total. The van der Waals surface area contributed by atoms with E-state index in [9.17, 15) is 9.90 Å². The number of aliphatic hydroxyl groups excluding tert-OH is 1. The third-order valence-corrected chi connectivity index (χ3v) is 15.0. The molecule has 1 aromatic carbocycles. The van der Waals surface area contributed by atoms with Crippen molar-refractivity contribution in [1.29, 1.82) is 0 Å². The monoisotopic (exact) mass is 575 g/mol. The Morgan fingerprint density at radius 1 is 0.976 bits per heavy atom. The molecule has 1 amide bonds. The number of ether oxygens (including phenoxy) is 1. The molecule has 4 heteroatoms. The number of hydrogen-bond acceptors (Lipinski definition) is 3. The van der Waals surface area contributed by atoms with Crippen LogP contribution < -0.4 is 10.1 Å². The quantitative estimate of drug-likeness (QED) is 0.355. The number of amides is 1. The van der Waals surface area contributed by atoms with E-state index in [-0.39, 0.29) is 39.1 Å². The van der Waals surface area contributed by atoms with E-state index in [1.165, 1.54) is 12.8 Å². The van der Waals surface area contributed by atoms with Crippen molar-refractivity contribution in [2.24, 2.45) is 56.7 Å². The van der Waals surface area contributed by atoms with Gasteiger partial charge in [0.1, 0.15) is 5.75 Å². The molecule has 0 aromatic heterocycles. The van der Waals surface area contributed by atoms with E-state index in [4.69, 9.17) is 4.74 Å². The van der Waals surface area contributed by atoms with Gasteiger partial charge in [-0.05, 0) is 127 Å². The summed E-state index contributed by atoms with van der Waals surface area (Å²) in [5.74, 6) is 3.70. The third-order valence-electron chi connectivity index (χ3n) is 15.0. The Labute approximate surface area is 255 Å². The van der Waals surface area contributed by atoms with Crippen molar-refractivity contribution in [3.05, 3.63) is 41.5 Å². The van der Waals surface area contributed by atoms with E-state index in [2.05, 4.69) is 65.9 Å². The SMILES string of the molecule is COc1cccc(CNC(=O)[C@]23CC[C@@H](C)[C@H](C)[C@H]2C2=CC[C@@H]4[C@@]5(C)CC[C@H](O)C(C)(C)[C@@H]5CC[C@@]4(C)[C@]2(C)CC3)c1. The van der Waals surface area contributed by atoms with E-state index < -0.39 is 0 Å². The van der Waals surface area contributed by atoms with Crippen LogP contribution in [0.25, 0.3) is 0 Å². The van der Waals surface area contributed by atoms with Crippen molar-refractivity contribution >= 4 is 5.91 Å². The Morgan fingerprint density at radius 2 is 1.74 bits per heavy atom. The minimum atomic E-state index is -0.322. The fraction of sp³-hybridized carbons (Fsp3) is 0.763. The molecule has 0 aliphatic heterocycles. The molecular weight excluding hydrogens is 518 g/mol. The topological polar surface area (TPSA) is 58.6 Å². The number of benzene rings is 1. The summed E-state index contributed by atoms with van der Waals surface area (Å²) in [6, 6.07) is 8.08. The highest BCUT2D eigenvalue weighted by Gasteiger charge is 2.69. The molecule has 5 aliphatic carbocycles. The molecular formula is C38H57NO3. The number of carbonyl (C=O) groups is 1. The number of rotatable bonds is 4. The van der Waals surface area contributed by atoms with Gasteiger partial charge in [-0.25, -0.2) is 0 Å². The number of methoxy groups -OCH3 is 1. The lowest BCUT2D eigenvalue weighted by Gasteiger charge is -2.71. The molecule has 0 spiro atoms. The average Bonchev–Trinajstić information content (AvgIpc) is 2.96. The maximum atomic E-state index is 14.4. The standard InChI is InChI=1S/C38H57NO3/c1-24-14-19-38(33(41)39-23-26-10-9-11-27(22-26)42-8)21-20-36(6)28(32(38)25(24)2)12-13-30-35(5)17-16-31(40)34(3,4)29(35)15-18-37(30,36)7/h9-12,22,24-25,29-32,40H,13-21,23H2,1-8H3,(H,39,41)/t24-,25+,29+,30-,31+,32+,35+,36-,37-,38+/m1/s1. The molecule has 0 saturated heterocycles. The molecule has 0 radical (unpaired) electrons. The average molecular weight is 576 g/mol. The third kappa shape index (κ3) is 4.05. The van der Waals surface area contributed by atoms with Gasteiger partial charge < -0.3 is 15.2 Å². The molecule has 0 unspecified atom stereocenters. The number of aliphatic hydroxyl groups is 1. The van der Waals surface area contributed by atoms with Crippen molar-refractivity contribution in [3.8, 4) is 5.75 Å². The molecule has 4 saturated carbocycles.